The van der Waals surface area contributed by atoms with Gasteiger partial charge in [0.15, 0.2) is 5.65 Å². The molecule has 2 aromatic carbocycles. The summed E-state index contributed by atoms with van der Waals surface area (Å²) < 4.78 is 2.14. The molecule has 0 N–H and O–H groups in total. The predicted molar refractivity (Wildman–Crippen MR) is 117 cm³/mol. The summed E-state index contributed by atoms with van der Waals surface area (Å²) in [6, 6.07) is 18.1. The molecular formula is C22H23N5OS. The average Bonchev–Trinajstić information content (AvgIpc) is 3.06. The number of thioether (sulfide) groups is 1. The molecular weight excluding hydrogens is 382 g/mol. The first-order valence-electron chi connectivity index (χ1n) is 9.65. The number of hydrogen-bond donors (Lipinski definition) is 0. The highest BCUT2D eigenvalue weighted by molar-refractivity contribution is 8.00. The zero-order valence-corrected chi connectivity index (χ0v) is 17.6. The number of rotatable bonds is 6. The Hall–Kier alpha value is -2.93. The molecule has 0 bridgehead atoms. The zero-order chi connectivity index (χ0) is 20.4. The minimum Gasteiger partial charge on any atom is -0.340 e. The van der Waals surface area contributed by atoms with Crippen molar-refractivity contribution in [1.82, 2.24) is 24.6 Å². The number of para-hydroxylation sites is 1. The van der Waals surface area contributed by atoms with Gasteiger partial charge in [-0.2, -0.15) is 0 Å². The molecule has 4 rings (SSSR count). The summed E-state index contributed by atoms with van der Waals surface area (Å²) in [5, 5.41) is 9.97. The van der Waals surface area contributed by atoms with Gasteiger partial charge in [-0.25, -0.2) is 4.98 Å². The van der Waals surface area contributed by atoms with E-state index in [1.807, 2.05) is 62.5 Å². The minimum atomic E-state index is -0.303. The fourth-order valence-electron chi connectivity index (χ4n) is 3.51. The molecule has 1 amide bonds. The van der Waals surface area contributed by atoms with Crippen LogP contribution in [0, 0.1) is 0 Å². The second-order valence-corrected chi connectivity index (χ2v) is 8.28. The van der Waals surface area contributed by atoms with E-state index < -0.39 is 0 Å². The van der Waals surface area contributed by atoms with E-state index in [-0.39, 0.29) is 11.2 Å². The first-order valence-corrected chi connectivity index (χ1v) is 10.5. The van der Waals surface area contributed by atoms with Crippen molar-refractivity contribution >= 4 is 39.7 Å². The van der Waals surface area contributed by atoms with Gasteiger partial charge in [-0.1, -0.05) is 60.3 Å². The van der Waals surface area contributed by atoms with Gasteiger partial charge in [-0.05, 0) is 25.5 Å². The van der Waals surface area contributed by atoms with Crippen molar-refractivity contribution in [2.24, 2.45) is 0 Å². The Bertz CT molecular complexity index is 1160. The van der Waals surface area contributed by atoms with Gasteiger partial charge in [-0.15, -0.1) is 10.2 Å². The molecule has 0 aliphatic carbocycles. The SMILES string of the molecule is CCn1c2ccccc2c2nnc(S[C@@H](C)C(=O)N(C)Cc3ccccc3)nc21. The van der Waals surface area contributed by atoms with Gasteiger partial charge in [0.2, 0.25) is 11.1 Å². The number of hydrogen-bond acceptors (Lipinski definition) is 5. The van der Waals surface area contributed by atoms with E-state index in [1.165, 1.54) is 11.8 Å². The quantitative estimate of drug-likeness (QED) is 0.451. The first kappa shape index (κ1) is 19.4. The summed E-state index contributed by atoms with van der Waals surface area (Å²) in [5.74, 6) is 0.0404. The number of benzene rings is 2. The monoisotopic (exact) mass is 405 g/mol. The first-order chi connectivity index (χ1) is 14.1. The van der Waals surface area contributed by atoms with Crippen LogP contribution in [0.2, 0.25) is 0 Å². The maximum Gasteiger partial charge on any atom is 0.235 e. The van der Waals surface area contributed by atoms with Crippen molar-refractivity contribution in [3.05, 3.63) is 60.2 Å². The van der Waals surface area contributed by atoms with Gasteiger partial charge in [0.05, 0.1) is 10.8 Å². The second kappa shape index (κ2) is 8.21. The summed E-state index contributed by atoms with van der Waals surface area (Å²) in [5.41, 5.74) is 3.81. The van der Waals surface area contributed by atoms with Crippen LogP contribution >= 0.6 is 11.8 Å². The maximum atomic E-state index is 12.8. The second-order valence-electron chi connectivity index (χ2n) is 6.97. The molecule has 29 heavy (non-hydrogen) atoms. The minimum absolute atomic E-state index is 0.0404. The molecule has 2 heterocycles. The Morgan fingerprint density at radius 1 is 1.10 bits per heavy atom. The normalized spacial score (nSPS) is 12.4. The number of nitrogens with zero attached hydrogens (tertiary/aromatic N) is 5. The summed E-state index contributed by atoms with van der Waals surface area (Å²) >= 11 is 1.35. The Labute approximate surface area is 173 Å². The Balaban J connectivity index is 1.55. The molecule has 0 saturated carbocycles. The van der Waals surface area contributed by atoms with E-state index in [4.69, 9.17) is 4.98 Å². The molecule has 0 unspecified atom stereocenters. The Morgan fingerprint density at radius 3 is 2.59 bits per heavy atom. The van der Waals surface area contributed by atoms with E-state index >= 15 is 0 Å². The lowest BCUT2D eigenvalue weighted by atomic mass is 10.2. The van der Waals surface area contributed by atoms with Crippen LogP contribution in [0.3, 0.4) is 0 Å². The molecule has 7 heteroatoms. The summed E-state index contributed by atoms with van der Waals surface area (Å²) in [7, 11) is 1.82. The number of aromatic nitrogens is 4. The molecule has 1 atom stereocenters. The van der Waals surface area contributed by atoms with Crippen LogP contribution < -0.4 is 0 Å². The largest absolute Gasteiger partial charge is 0.340 e. The van der Waals surface area contributed by atoms with Gasteiger partial charge in [0.1, 0.15) is 5.52 Å². The topological polar surface area (TPSA) is 63.9 Å². The van der Waals surface area contributed by atoms with Crippen molar-refractivity contribution in [3.63, 3.8) is 0 Å². The summed E-state index contributed by atoms with van der Waals surface area (Å²) in [6.07, 6.45) is 0. The van der Waals surface area contributed by atoms with Crippen molar-refractivity contribution in [2.45, 2.75) is 37.3 Å². The van der Waals surface area contributed by atoms with Crippen LogP contribution in [0.1, 0.15) is 19.4 Å². The predicted octanol–water partition coefficient (Wildman–Crippen LogP) is 4.14. The van der Waals surface area contributed by atoms with Crippen molar-refractivity contribution in [1.29, 1.82) is 0 Å². The highest BCUT2D eigenvalue weighted by Crippen LogP contribution is 2.28. The average molecular weight is 406 g/mol. The van der Waals surface area contributed by atoms with Crippen LogP contribution in [-0.2, 0) is 17.9 Å². The number of carbonyl (C=O) groups excluding carboxylic acids is 1. The molecule has 0 radical (unpaired) electrons. The highest BCUT2D eigenvalue weighted by atomic mass is 32.2. The van der Waals surface area contributed by atoms with E-state index in [9.17, 15) is 4.79 Å². The van der Waals surface area contributed by atoms with E-state index in [0.717, 1.165) is 34.2 Å². The molecule has 2 aromatic heterocycles. The molecule has 0 aliphatic rings. The number of amides is 1. The Morgan fingerprint density at radius 2 is 1.83 bits per heavy atom. The third kappa shape index (κ3) is 3.82. The standard InChI is InChI=1S/C22H23N5OS/c1-4-27-18-13-9-8-12-17(18)19-20(27)23-22(25-24-19)29-15(2)21(28)26(3)14-16-10-6-5-7-11-16/h5-13,15H,4,14H2,1-3H3/t15-/m0/s1. The van der Waals surface area contributed by atoms with E-state index in [1.54, 1.807) is 4.90 Å². The third-order valence-electron chi connectivity index (χ3n) is 4.94. The molecule has 0 fully saturated rings. The number of aryl methyl sites for hydroxylation is 1. The van der Waals surface area contributed by atoms with Crippen LogP contribution in [0.5, 0.6) is 0 Å². The highest BCUT2D eigenvalue weighted by Gasteiger charge is 2.21. The zero-order valence-electron chi connectivity index (χ0n) is 16.7. The van der Waals surface area contributed by atoms with Crippen LogP contribution in [-0.4, -0.2) is 42.9 Å². The number of fused-ring (bicyclic) bond motifs is 3. The third-order valence-corrected chi connectivity index (χ3v) is 5.88. The maximum absolute atomic E-state index is 12.8. The lowest BCUT2D eigenvalue weighted by Crippen LogP contribution is -2.32. The molecule has 148 valence electrons. The van der Waals surface area contributed by atoms with Gasteiger partial charge < -0.3 is 9.47 Å². The van der Waals surface area contributed by atoms with E-state index in [2.05, 4.69) is 27.8 Å². The van der Waals surface area contributed by atoms with Gasteiger partial charge >= 0.3 is 0 Å². The van der Waals surface area contributed by atoms with Crippen LogP contribution in [0.25, 0.3) is 22.1 Å². The number of carbonyl (C=O) groups is 1. The Kier molecular flexibility index (Phi) is 5.49. The van der Waals surface area contributed by atoms with Gasteiger partial charge in [0, 0.05) is 25.5 Å². The lowest BCUT2D eigenvalue weighted by molar-refractivity contribution is -0.129. The molecule has 0 spiro atoms. The van der Waals surface area contributed by atoms with Crippen molar-refractivity contribution in [3.8, 4) is 0 Å². The molecule has 6 nitrogen and oxygen atoms in total. The molecule has 0 aliphatic heterocycles. The van der Waals surface area contributed by atoms with Crippen LogP contribution in [0.15, 0.2) is 59.8 Å². The fraction of sp³-hybridized carbons (Fsp3) is 0.273. The van der Waals surface area contributed by atoms with Gasteiger partial charge in [0.25, 0.3) is 0 Å². The van der Waals surface area contributed by atoms with Crippen molar-refractivity contribution < 1.29 is 4.79 Å². The smallest absolute Gasteiger partial charge is 0.235 e. The molecule has 0 saturated heterocycles. The van der Waals surface area contributed by atoms with Crippen LogP contribution in [0.4, 0.5) is 0 Å². The van der Waals surface area contributed by atoms with Gasteiger partial charge in [-0.3, -0.25) is 4.79 Å². The lowest BCUT2D eigenvalue weighted by Gasteiger charge is -2.20. The van der Waals surface area contributed by atoms with E-state index in [0.29, 0.717) is 11.7 Å². The summed E-state index contributed by atoms with van der Waals surface area (Å²) in [6.45, 7) is 5.34. The van der Waals surface area contributed by atoms with Crippen molar-refractivity contribution in [2.75, 3.05) is 7.05 Å². The molecule has 4 aromatic rings. The fourth-order valence-corrected chi connectivity index (χ4v) is 4.34. The summed E-state index contributed by atoms with van der Waals surface area (Å²) in [4.78, 5) is 19.3.